The van der Waals surface area contributed by atoms with Crippen LogP contribution in [0.4, 0.5) is 11.6 Å². The molecule has 0 unspecified atom stereocenters. The van der Waals surface area contributed by atoms with Crippen molar-refractivity contribution < 1.29 is 9.90 Å². The van der Waals surface area contributed by atoms with E-state index in [-0.39, 0.29) is 18.4 Å². The highest BCUT2D eigenvalue weighted by Crippen LogP contribution is 2.31. The van der Waals surface area contributed by atoms with Crippen molar-refractivity contribution in [2.75, 3.05) is 23.8 Å². The van der Waals surface area contributed by atoms with E-state index in [4.69, 9.17) is 5.11 Å². The minimum atomic E-state index is -0.00899. The lowest BCUT2D eigenvalue weighted by molar-refractivity contribution is -0.117. The number of aromatic nitrogens is 3. The number of aliphatic hydroxyl groups is 1. The number of H-pyrrole nitrogens is 1. The maximum absolute atomic E-state index is 12.0. The number of nitrogens with one attached hydrogen (secondary N) is 3. The molecule has 26 heavy (non-hydrogen) atoms. The van der Waals surface area contributed by atoms with Crippen LogP contribution < -0.4 is 10.6 Å². The molecule has 7 heteroatoms. The zero-order valence-electron chi connectivity index (χ0n) is 14.3. The van der Waals surface area contributed by atoms with Crippen molar-refractivity contribution in [2.45, 2.75) is 19.3 Å². The van der Waals surface area contributed by atoms with Crippen LogP contribution in [0.3, 0.4) is 0 Å². The lowest BCUT2D eigenvalue weighted by atomic mass is 10.1. The van der Waals surface area contributed by atoms with Crippen molar-refractivity contribution in [2.24, 2.45) is 5.92 Å². The van der Waals surface area contributed by atoms with Gasteiger partial charge in [-0.05, 0) is 37.5 Å². The summed E-state index contributed by atoms with van der Waals surface area (Å²) in [5, 5.41) is 15.9. The Morgan fingerprint density at radius 2 is 2.00 bits per heavy atom. The van der Waals surface area contributed by atoms with Crippen LogP contribution in [0.1, 0.15) is 19.3 Å². The van der Waals surface area contributed by atoms with Gasteiger partial charge in [0, 0.05) is 41.9 Å². The molecule has 2 heterocycles. The first-order valence-electron chi connectivity index (χ1n) is 8.86. The molecule has 0 spiro atoms. The van der Waals surface area contributed by atoms with Crippen molar-refractivity contribution in [3.05, 3.63) is 36.5 Å². The standard InChI is InChI=1S/C19H21N5O2/c25-11-1-9-20-14-6-4-12(5-7-14)16-15-8-10-21-17(15)23-19(22-16)24-18(26)13-2-3-13/h4-8,10,13,20,25H,1-3,9,11H2,(H2,21,22,23,24,26). The molecule has 1 saturated carbocycles. The number of benzene rings is 1. The number of carbonyl (C=O) groups is 1. The van der Waals surface area contributed by atoms with Crippen LogP contribution in [0, 0.1) is 5.92 Å². The van der Waals surface area contributed by atoms with Gasteiger partial charge in [-0.1, -0.05) is 12.1 Å². The van der Waals surface area contributed by atoms with Gasteiger partial charge in [-0.3, -0.25) is 10.1 Å². The normalized spacial score (nSPS) is 13.7. The van der Waals surface area contributed by atoms with Gasteiger partial charge in [0.15, 0.2) is 0 Å². The van der Waals surface area contributed by atoms with Crippen molar-refractivity contribution in [1.29, 1.82) is 0 Å². The summed E-state index contributed by atoms with van der Waals surface area (Å²) in [6.45, 7) is 0.898. The Balaban J connectivity index is 1.61. The number of aliphatic hydroxyl groups excluding tert-OH is 1. The van der Waals surface area contributed by atoms with E-state index in [0.29, 0.717) is 18.0 Å². The van der Waals surface area contributed by atoms with Gasteiger partial charge in [-0.15, -0.1) is 0 Å². The van der Waals surface area contributed by atoms with Crippen molar-refractivity contribution in [3.8, 4) is 11.3 Å². The molecule has 1 aliphatic carbocycles. The predicted octanol–water partition coefficient (Wildman–Crippen LogP) is 2.77. The maximum Gasteiger partial charge on any atom is 0.232 e. The Bertz CT molecular complexity index is 915. The van der Waals surface area contributed by atoms with Gasteiger partial charge in [-0.2, -0.15) is 4.98 Å². The molecule has 2 aromatic heterocycles. The molecular weight excluding hydrogens is 330 g/mol. The lowest BCUT2D eigenvalue weighted by Gasteiger charge is -2.09. The summed E-state index contributed by atoms with van der Waals surface area (Å²) in [5.41, 5.74) is 3.42. The first kappa shape index (κ1) is 16.5. The van der Waals surface area contributed by atoms with E-state index >= 15 is 0 Å². The Morgan fingerprint density at radius 3 is 2.73 bits per heavy atom. The molecule has 4 rings (SSSR count). The maximum atomic E-state index is 12.0. The van der Waals surface area contributed by atoms with Crippen LogP contribution in [0.25, 0.3) is 22.3 Å². The third-order valence-electron chi connectivity index (χ3n) is 4.42. The first-order valence-corrected chi connectivity index (χ1v) is 8.86. The van der Waals surface area contributed by atoms with E-state index in [1.807, 2.05) is 36.5 Å². The van der Waals surface area contributed by atoms with E-state index in [0.717, 1.165) is 41.7 Å². The first-order chi connectivity index (χ1) is 12.7. The molecule has 0 atom stereocenters. The van der Waals surface area contributed by atoms with Gasteiger partial charge < -0.3 is 15.4 Å². The molecule has 0 aliphatic heterocycles. The fraction of sp³-hybridized carbons (Fsp3) is 0.316. The quantitative estimate of drug-likeness (QED) is 0.490. The molecule has 1 fully saturated rings. The summed E-state index contributed by atoms with van der Waals surface area (Å²) in [5.74, 6) is 0.424. The van der Waals surface area contributed by atoms with Crippen molar-refractivity contribution in [3.63, 3.8) is 0 Å². The molecule has 0 bridgehead atoms. The van der Waals surface area contributed by atoms with Gasteiger partial charge in [0.25, 0.3) is 0 Å². The van der Waals surface area contributed by atoms with E-state index in [1.54, 1.807) is 0 Å². The van der Waals surface area contributed by atoms with Gasteiger partial charge >= 0.3 is 0 Å². The molecule has 0 saturated heterocycles. The third kappa shape index (κ3) is 3.52. The average Bonchev–Trinajstić information content (AvgIpc) is 3.40. The highest BCUT2D eigenvalue weighted by molar-refractivity contribution is 5.96. The fourth-order valence-electron chi connectivity index (χ4n) is 2.83. The van der Waals surface area contributed by atoms with Crippen LogP contribution in [-0.2, 0) is 4.79 Å². The monoisotopic (exact) mass is 351 g/mol. The summed E-state index contributed by atoms with van der Waals surface area (Å²) < 4.78 is 0. The number of rotatable bonds is 7. The molecular formula is C19H21N5O2. The Labute approximate surface area is 150 Å². The number of anilines is 2. The number of fused-ring (bicyclic) bond motifs is 1. The van der Waals surface area contributed by atoms with Gasteiger partial charge in [0.2, 0.25) is 11.9 Å². The summed E-state index contributed by atoms with van der Waals surface area (Å²) in [4.78, 5) is 24.1. The highest BCUT2D eigenvalue weighted by Gasteiger charge is 2.30. The van der Waals surface area contributed by atoms with Crippen LogP contribution in [0.5, 0.6) is 0 Å². The average molecular weight is 351 g/mol. The Hall–Kier alpha value is -2.93. The molecule has 1 aromatic carbocycles. The van der Waals surface area contributed by atoms with E-state index in [1.165, 1.54) is 0 Å². The lowest BCUT2D eigenvalue weighted by Crippen LogP contribution is -2.15. The van der Waals surface area contributed by atoms with Crippen LogP contribution in [-0.4, -0.2) is 39.1 Å². The van der Waals surface area contributed by atoms with E-state index < -0.39 is 0 Å². The van der Waals surface area contributed by atoms with Crippen molar-refractivity contribution in [1.82, 2.24) is 15.0 Å². The largest absolute Gasteiger partial charge is 0.396 e. The van der Waals surface area contributed by atoms with Gasteiger partial charge in [0.05, 0.1) is 5.69 Å². The molecule has 0 radical (unpaired) electrons. The van der Waals surface area contributed by atoms with E-state index in [2.05, 4.69) is 25.6 Å². The highest BCUT2D eigenvalue weighted by atomic mass is 16.3. The molecule has 1 amide bonds. The van der Waals surface area contributed by atoms with Gasteiger partial charge in [0.1, 0.15) is 5.65 Å². The molecule has 134 valence electrons. The number of carbonyl (C=O) groups excluding carboxylic acids is 1. The summed E-state index contributed by atoms with van der Waals surface area (Å²) in [7, 11) is 0. The summed E-state index contributed by atoms with van der Waals surface area (Å²) in [6.07, 6.45) is 4.41. The number of hydrogen-bond acceptors (Lipinski definition) is 5. The molecule has 7 nitrogen and oxygen atoms in total. The van der Waals surface area contributed by atoms with E-state index in [9.17, 15) is 4.79 Å². The second-order valence-electron chi connectivity index (χ2n) is 6.48. The second kappa shape index (κ2) is 7.13. The minimum absolute atomic E-state index is 0.00899. The SMILES string of the molecule is O=C(Nc1nc(-c2ccc(NCCCO)cc2)c2cc[nH]c2n1)C1CC1. The topological polar surface area (TPSA) is 103 Å². The number of amides is 1. The van der Waals surface area contributed by atoms with Crippen LogP contribution in [0.15, 0.2) is 36.5 Å². The minimum Gasteiger partial charge on any atom is -0.396 e. The Morgan fingerprint density at radius 1 is 1.19 bits per heavy atom. The zero-order valence-corrected chi connectivity index (χ0v) is 14.3. The third-order valence-corrected chi connectivity index (χ3v) is 4.42. The molecule has 3 aromatic rings. The number of hydrogen-bond donors (Lipinski definition) is 4. The number of nitrogens with zero attached hydrogens (tertiary/aromatic N) is 2. The zero-order chi connectivity index (χ0) is 17.9. The smallest absolute Gasteiger partial charge is 0.232 e. The summed E-state index contributed by atoms with van der Waals surface area (Å²) in [6, 6.07) is 9.88. The summed E-state index contributed by atoms with van der Waals surface area (Å²) >= 11 is 0. The molecule has 1 aliphatic rings. The molecule has 4 N–H and O–H groups in total. The van der Waals surface area contributed by atoms with Crippen LogP contribution in [0.2, 0.25) is 0 Å². The van der Waals surface area contributed by atoms with Crippen molar-refractivity contribution >= 4 is 28.6 Å². The predicted molar refractivity (Wildman–Crippen MR) is 101 cm³/mol. The fourth-order valence-corrected chi connectivity index (χ4v) is 2.83. The Kier molecular flexibility index (Phi) is 4.53. The van der Waals surface area contributed by atoms with Crippen LogP contribution >= 0.6 is 0 Å². The number of aromatic amines is 1. The second-order valence-corrected chi connectivity index (χ2v) is 6.48. The van der Waals surface area contributed by atoms with Gasteiger partial charge in [-0.25, -0.2) is 4.98 Å².